The van der Waals surface area contributed by atoms with E-state index in [1.54, 1.807) is 7.11 Å². The fourth-order valence-electron chi connectivity index (χ4n) is 2.88. The minimum atomic E-state index is 0.299. The Kier molecular flexibility index (Phi) is 7.16. The fraction of sp³-hybridized carbons (Fsp3) is 0.800. The van der Waals surface area contributed by atoms with Gasteiger partial charge in [-0.1, -0.05) is 6.92 Å². The molecule has 1 fully saturated rings. The van der Waals surface area contributed by atoms with Crippen LogP contribution < -0.4 is 5.32 Å². The van der Waals surface area contributed by atoms with E-state index in [0.717, 1.165) is 37.0 Å². The molecule has 0 amide bonds. The number of halogens is 1. The van der Waals surface area contributed by atoms with Gasteiger partial charge in [-0.15, -0.1) is 0 Å². The summed E-state index contributed by atoms with van der Waals surface area (Å²) in [6.45, 7) is 5.46. The molecule has 2 rings (SSSR count). The Balaban J connectivity index is 2.03. The molecule has 2 atom stereocenters. The van der Waals surface area contributed by atoms with E-state index in [2.05, 4.69) is 33.3 Å². The van der Waals surface area contributed by atoms with Crippen molar-refractivity contribution in [2.75, 3.05) is 26.9 Å². The number of methoxy groups -OCH3 is 1. The average molecular weight is 360 g/mol. The molecule has 2 unspecified atom stereocenters. The molecule has 21 heavy (non-hydrogen) atoms. The highest BCUT2D eigenvalue weighted by Gasteiger charge is 2.22. The quantitative estimate of drug-likeness (QED) is 0.736. The number of hydrogen-bond donors (Lipinski definition) is 1. The van der Waals surface area contributed by atoms with E-state index in [1.165, 1.54) is 18.5 Å². The zero-order valence-corrected chi connectivity index (χ0v) is 14.6. The van der Waals surface area contributed by atoms with Gasteiger partial charge >= 0.3 is 0 Å². The Morgan fingerprint density at radius 1 is 1.62 bits per heavy atom. The van der Waals surface area contributed by atoms with Gasteiger partial charge in [0.25, 0.3) is 0 Å². The Morgan fingerprint density at radius 2 is 2.48 bits per heavy atom. The second-order valence-electron chi connectivity index (χ2n) is 5.42. The molecular formula is C15H26BrN3O2. The van der Waals surface area contributed by atoms with Crippen molar-refractivity contribution in [3.63, 3.8) is 0 Å². The summed E-state index contributed by atoms with van der Waals surface area (Å²) in [5.41, 5.74) is 1.21. The third kappa shape index (κ3) is 4.77. The first-order valence-corrected chi connectivity index (χ1v) is 8.60. The predicted molar refractivity (Wildman–Crippen MR) is 86.4 cm³/mol. The zero-order chi connectivity index (χ0) is 15.1. The Bertz CT molecular complexity index is 419. The van der Waals surface area contributed by atoms with Crippen LogP contribution in [0.2, 0.25) is 0 Å². The molecule has 6 heteroatoms. The van der Waals surface area contributed by atoms with Crippen molar-refractivity contribution in [2.24, 2.45) is 0 Å². The first kappa shape index (κ1) is 16.9. The van der Waals surface area contributed by atoms with Crippen LogP contribution >= 0.6 is 15.9 Å². The highest BCUT2D eigenvalue weighted by molar-refractivity contribution is 9.10. The van der Waals surface area contributed by atoms with Crippen LogP contribution in [0.1, 0.15) is 44.3 Å². The van der Waals surface area contributed by atoms with Gasteiger partial charge in [0.05, 0.1) is 41.7 Å². The molecule has 0 saturated carbocycles. The van der Waals surface area contributed by atoms with Crippen LogP contribution in [0.4, 0.5) is 0 Å². The molecule has 1 aromatic rings. The van der Waals surface area contributed by atoms with Gasteiger partial charge in [0, 0.05) is 13.7 Å². The summed E-state index contributed by atoms with van der Waals surface area (Å²) in [6, 6.07) is 0.299. The lowest BCUT2D eigenvalue weighted by Crippen LogP contribution is -2.26. The molecule has 1 saturated heterocycles. The highest BCUT2D eigenvalue weighted by Crippen LogP contribution is 2.29. The Hall–Kier alpha value is -0.430. The minimum absolute atomic E-state index is 0.299. The Morgan fingerprint density at radius 3 is 3.14 bits per heavy atom. The summed E-state index contributed by atoms with van der Waals surface area (Å²) in [7, 11) is 1.72. The van der Waals surface area contributed by atoms with Crippen LogP contribution in [0.5, 0.6) is 0 Å². The van der Waals surface area contributed by atoms with Crippen molar-refractivity contribution in [3.8, 4) is 0 Å². The molecule has 0 spiro atoms. The minimum Gasteiger partial charge on any atom is -0.383 e. The summed E-state index contributed by atoms with van der Waals surface area (Å²) < 4.78 is 14.0. The number of nitrogens with zero attached hydrogens (tertiary/aromatic N) is 2. The van der Waals surface area contributed by atoms with Gasteiger partial charge in [-0.2, -0.15) is 5.10 Å². The third-order valence-electron chi connectivity index (χ3n) is 3.92. The molecule has 5 nitrogen and oxygen atoms in total. The topological polar surface area (TPSA) is 48.3 Å². The van der Waals surface area contributed by atoms with Crippen LogP contribution in [0, 0.1) is 0 Å². The molecule has 0 aliphatic carbocycles. The molecule has 2 heterocycles. The molecule has 120 valence electrons. The van der Waals surface area contributed by atoms with Crippen LogP contribution in [-0.4, -0.2) is 42.8 Å². The third-order valence-corrected chi connectivity index (χ3v) is 4.53. The van der Waals surface area contributed by atoms with E-state index in [1.807, 2.05) is 10.9 Å². The van der Waals surface area contributed by atoms with Gasteiger partial charge in [0.1, 0.15) is 0 Å². The van der Waals surface area contributed by atoms with E-state index in [9.17, 15) is 0 Å². The van der Waals surface area contributed by atoms with Crippen LogP contribution in [0.3, 0.4) is 0 Å². The van der Waals surface area contributed by atoms with Gasteiger partial charge in [0.15, 0.2) is 0 Å². The lowest BCUT2D eigenvalue weighted by atomic mass is 10.0. The van der Waals surface area contributed by atoms with Crippen molar-refractivity contribution >= 4 is 15.9 Å². The lowest BCUT2D eigenvalue weighted by molar-refractivity contribution is 0.0992. The lowest BCUT2D eigenvalue weighted by Gasteiger charge is -2.21. The SMILES string of the molecule is CCNC(CCC1CCCO1)c1c(Br)cnn1CCOC. The molecule has 0 radical (unpaired) electrons. The normalized spacial score (nSPS) is 20.0. The Labute approximate surface area is 135 Å². The molecule has 0 bridgehead atoms. The number of hydrogen-bond acceptors (Lipinski definition) is 4. The molecule has 1 aliphatic rings. The van der Waals surface area contributed by atoms with Gasteiger partial charge in [0.2, 0.25) is 0 Å². The van der Waals surface area contributed by atoms with E-state index >= 15 is 0 Å². The number of ether oxygens (including phenoxy) is 2. The smallest absolute Gasteiger partial charge is 0.0696 e. The van der Waals surface area contributed by atoms with Crippen LogP contribution in [0.25, 0.3) is 0 Å². The maximum Gasteiger partial charge on any atom is 0.0696 e. The second-order valence-corrected chi connectivity index (χ2v) is 6.27. The van der Waals surface area contributed by atoms with Gasteiger partial charge in [-0.05, 0) is 48.2 Å². The first-order chi connectivity index (χ1) is 10.3. The standard InChI is InChI=1S/C15H26BrN3O2/c1-3-17-14(7-6-12-5-4-9-21-12)15-13(16)11-18-19(15)8-10-20-2/h11-12,14,17H,3-10H2,1-2H3. The van der Waals surface area contributed by atoms with Crippen molar-refractivity contribution in [1.82, 2.24) is 15.1 Å². The fourth-order valence-corrected chi connectivity index (χ4v) is 3.45. The van der Waals surface area contributed by atoms with Crippen molar-refractivity contribution in [1.29, 1.82) is 0 Å². The van der Waals surface area contributed by atoms with E-state index in [-0.39, 0.29) is 0 Å². The maximum absolute atomic E-state index is 5.74. The van der Waals surface area contributed by atoms with Crippen molar-refractivity contribution in [2.45, 2.75) is 51.3 Å². The largest absolute Gasteiger partial charge is 0.383 e. The van der Waals surface area contributed by atoms with E-state index in [4.69, 9.17) is 9.47 Å². The zero-order valence-electron chi connectivity index (χ0n) is 13.0. The van der Waals surface area contributed by atoms with Gasteiger partial charge < -0.3 is 14.8 Å². The predicted octanol–water partition coefficient (Wildman–Crippen LogP) is 2.90. The summed E-state index contributed by atoms with van der Waals surface area (Å²) in [4.78, 5) is 0. The van der Waals surface area contributed by atoms with Gasteiger partial charge in [-0.3, -0.25) is 4.68 Å². The maximum atomic E-state index is 5.74. The molecule has 1 N–H and O–H groups in total. The summed E-state index contributed by atoms with van der Waals surface area (Å²) in [5, 5.41) is 8.03. The van der Waals surface area contributed by atoms with E-state index < -0.39 is 0 Å². The van der Waals surface area contributed by atoms with Crippen LogP contribution in [0.15, 0.2) is 10.7 Å². The summed E-state index contributed by atoms with van der Waals surface area (Å²) in [5.74, 6) is 0. The number of rotatable bonds is 9. The number of aromatic nitrogens is 2. The molecule has 1 aromatic heterocycles. The van der Waals surface area contributed by atoms with Crippen LogP contribution in [-0.2, 0) is 16.0 Å². The summed E-state index contributed by atoms with van der Waals surface area (Å²) in [6.07, 6.45) is 6.87. The first-order valence-electron chi connectivity index (χ1n) is 7.81. The summed E-state index contributed by atoms with van der Waals surface area (Å²) >= 11 is 3.64. The molecule has 0 aromatic carbocycles. The van der Waals surface area contributed by atoms with Crippen molar-refractivity contribution < 1.29 is 9.47 Å². The second kappa shape index (κ2) is 8.88. The highest BCUT2D eigenvalue weighted by atomic mass is 79.9. The van der Waals surface area contributed by atoms with Gasteiger partial charge in [-0.25, -0.2) is 0 Å². The van der Waals surface area contributed by atoms with E-state index in [0.29, 0.717) is 18.8 Å². The number of nitrogens with one attached hydrogen (secondary N) is 1. The van der Waals surface area contributed by atoms with Crippen molar-refractivity contribution in [3.05, 3.63) is 16.4 Å². The molecular weight excluding hydrogens is 334 g/mol. The monoisotopic (exact) mass is 359 g/mol. The molecule has 1 aliphatic heterocycles. The average Bonchev–Trinajstić information content (AvgIpc) is 3.11.